The molecule has 1 N–H and O–H groups in total. The van der Waals surface area contributed by atoms with Crippen LogP contribution >= 0.6 is 0 Å². The lowest BCUT2D eigenvalue weighted by atomic mass is 10.1. The largest absolute Gasteiger partial charge is 0.478 e. The summed E-state index contributed by atoms with van der Waals surface area (Å²) in [7, 11) is 0. The van der Waals surface area contributed by atoms with Crippen LogP contribution in [0.25, 0.3) is 0 Å². The summed E-state index contributed by atoms with van der Waals surface area (Å²) in [5.74, 6) is -2.26. The van der Waals surface area contributed by atoms with Crippen molar-refractivity contribution in [3.63, 3.8) is 0 Å². The Morgan fingerprint density at radius 3 is 2.67 bits per heavy atom. The van der Waals surface area contributed by atoms with Crippen molar-refractivity contribution in [1.29, 1.82) is 0 Å². The third-order valence-electron chi connectivity index (χ3n) is 3.45. The van der Waals surface area contributed by atoms with Gasteiger partial charge < -0.3 is 10.0 Å². The van der Waals surface area contributed by atoms with E-state index in [2.05, 4.69) is 4.98 Å². The molecule has 21 heavy (non-hydrogen) atoms. The minimum absolute atomic E-state index is 0.0798. The number of carboxylic acid groups (broad SMARTS) is 1. The number of carbonyl (C=O) groups is 2. The summed E-state index contributed by atoms with van der Waals surface area (Å²) in [6.07, 6.45) is 1.28. The average molecular weight is 286 g/mol. The summed E-state index contributed by atoms with van der Waals surface area (Å²) in [6.45, 7) is 0.603. The van der Waals surface area contributed by atoms with Crippen LogP contribution in [0, 0.1) is 5.95 Å². The van der Waals surface area contributed by atoms with Gasteiger partial charge in [-0.15, -0.1) is 0 Å². The van der Waals surface area contributed by atoms with Gasteiger partial charge in [-0.3, -0.25) is 4.79 Å². The fourth-order valence-electron chi connectivity index (χ4n) is 2.39. The van der Waals surface area contributed by atoms with Gasteiger partial charge >= 0.3 is 5.97 Å². The second kappa shape index (κ2) is 4.97. The van der Waals surface area contributed by atoms with Crippen molar-refractivity contribution in [3.8, 4) is 0 Å². The number of carboxylic acids is 1. The third kappa shape index (κ3) is 2.35. The van der Waals surface area contributed by atoms with Crippen LogP contribution in [0.4, 0.5) is 4.39 Å². The summed E-state index contributed by atoms with van der Waals surface area (Å²) in [4.78, 5) is 28.2. The number of benzene rings is 1. The molecular weight excluding hydrogens is 275 g/mol. The second-order valence-electron chi connectivity index (χ2n) is 4.79. The molecular formula is C15H11FN2O3. The van der Waals surface area contributed by atoms with E-state index in [0.717, 1.165) is 11.1 Å². The van der Waals surface area contributed by atoms with Crippen molar-refractivity contribution in [2.45, 2.75) is 13.1 Å². The molecule has 0 fully saturated rings. The number of aromatic carboxylic acids is 1. The number of nitrogens with zero attached hydrogens (tertiary/aromatic N) is 2. The zero-order valence-corrected chi connectivity index (χ0v) is 10.9. The first-order valence-corrected chi connectivity index (χ1v) is 6.31. The molecule has 5 nitrogen and oxygen atoms in total. The number of halogens is 1. The van der Waals surface area contributed by atoms with Gasteiger partial charge in [-0.2, -0.15) is 4.39 Å². The molecule has 0 atom stereocenters. The number of aromatic nitrogens is 1. The van der Waals surface area contributed by atoms with Gasteiger partial charge in [0.05, 0.1) is 11.1 Å². The van der Waals surface area contributed by atoms with Crippen LogP contribution in [-0.2, 0) is 13.1 Å². The molecule has 1 aliphatic rings. The van der Waals surface area contributed by atoms with Crippen molar-refractivity contribution >= 4 is 11.9 Å². The highest BCUT2D eigenvalue weighted by Crippen LogP contribution is 2.25. The molecule has 2 aromatic rings. The van der Waals surface area contributed by atoms with Gasteiger partial charge in [-0.05, 0) is 35.4 Å². The van der Waals surface area contributed by atoms with Crippen molar-refractivity contribution in [2.24, 2.45) is 0 Å². The maximum atomic E-state index is 13.6. The lowest BCUT2D eigenvalue weighted by Crippen LogP contribution is -2.26. The van der Waals surface area contributed by atoms with Gasteiger partial charge in [0.1, 0.15) is 0 Å². The molecule has 0 aliphatic carbocycles. The summed E-state index contributed by atoms with van der Waals surface area (Å²) >= 11 is 0. The van der Waals surface area contributed by atoms with E-state index >= 15 is 0 Å². The van der Waals surface area contributed by atoms with Crippen LogP contribution in [0.3, 0.4) is 0 Å². The van der Waals surface area contributed by atoms with Crippen LogP contribution in [0.5, 0.6) is 0 Å². The highest BCUT2D eigenvalue weighted by atomic mass is 19.1. The lowest BCUT2D eigenvalue weighted by Gasteiger charge is -2.15. The van der Waals surface area contributed by atoms with Gasteiger partial charge in [0.2, 0.25) is 5.95 Å². The van der Waals surface area contributed by atoms with E-state index in [4.69, 9.17) is 5.11 Å². The molecule has 106 valence electrons. The Morgan fingerprint density at radius 1 is 1.19 bits per heavy atom. The molecule has 0 saturated heterocycles. The molecule has 3 rings (SSSR count). The molecule has 0 unspecified atom stereocenters. The van der Waals surface area contributed by atoms with E-state index in [0.29, 0.717) is 6.54 Å². The van der Waals surface area contributed by atoms with Gasteiger partial charge in [0, 0.05) is 19.3 Å². The minimum Gasteiger partial charge on any atom is -0.478 e. The molecule has 1 aromatic carbocycles. The third-order valence-corrected chi connectivity index (χ3v) is 3.45. The zero-order valence-electron chi connectivity index (χ0n) is 10.9. The first-order chi connectivity index (χ1) is 10.1. The average Bonchev–Trinajstić information content (AvgIpc) is 2.89. The first-order valence-electron chi connectivity index (χ1n) is 6.31. The van der Waals surface area contributed by atoms with Gasteiger partial charge in [0.25, 0.3) is 5.91 Å². The second-order valence-corrected chi connectivity index (χ2v) is 4.79. The maximum Gasteiger partial charge on any atom is 0.335 e. The molecule has 1 amide bonds. The summed E-state index contributed by atoms with van der Waals surface area (Å²) in [5, 5.41) is 8.97. The van der Waals surface area contributed by atoms with Crippen molar-refractivity contribution in [2.75, 3.05) is 0 Å². The van der Waals surface area contributed by atoms with Crippen LogP contribution in [0.15, 0.2) is 36.5 Å². The number of carbonyl (C=O) groups excluding carboxylic acids is 1. The number of rotatable bonds is 2. The predicted molar refractivity (Wildman–Crippen MR) is 71.2 cm³/mol. The van der Waals surface area contributed by atoms with Crippen molar-refractivity contribution < 1.29 is 19.1 Å². The number of pyridine rings is 1. The molecule has 0 radical (unpaired) electrons. The Bertz CT molecular complexity index is 745. The number of fused-ring (bicyclic) bond motifs is 1. The first kappa shape index (κ1) is 13.2. The minimum atomic E-state index is -1.01. The Kier molecular flexibility index (Phi) is 3.13. The van der Waals surface area contributed by atoms with Gasteiger partial charge in [-0.1, -0.05) is 6.07 Å². The SMILES string of the molecule is O=C(O)c1ccc2c(c1)CN(C(=O)c1cccnc1F)C2. The monoisotopic (exact) mass is 286 g/mol. The quantitative estimate of drug-likeness (QED) is 0.858. The number of hydrogen-bond acceptors (Lipinski definition) is 3. The van der Waals surface area contributed by atoms with E-state index in [1.807, 2.05) is 0 Å². The standard InChI is InChI=1S/C15H11FN2O3/c16-13-12(2-1-5-17-13)14(19)18-7-10-4-3-9(15(20)21)6-11(10)8-18/h1-6H,7-8H2,(H,20,21). The smallest absolute Gasteiger partial charge is 0.335 e. The topological polar surface area (TPSA) is 70.5 Å². The van der Waals surface area contributed by atoms with Gasteiger partial charge in [-0.25, -0.2) is 9.78 Å². The molecule has 2 heterocycles. The molecule has 0 bridgehead atoms. The molecule has 0 saturated carbocycles. The summed E-state index contributed by atoms with van der Waals surface area (Å²) in [5.41, 5.74) is 1.74. The van der Waals surface area contributed by atoms with E-state index in [9.17, 15) is 14.0 Å². The van der Waals surface area contributed by atoms with E-state index in [-0.39, 0.29) is 17.7 Å². The molecule has 0 spiro atoms. The van der Waals surface area contributed by atoms with E-state index in [1.54, 1.807) is 12.1 Å². The zero-order chi connectivity index (χ0) is 15.0. The Morgan fingerprint density at radius 2 is 1.95 bits per heavy atom. The normalized spacial score (nSPS) is 13.1. The Hall–Kier alpha value is -2.76. The fourth-order valence-corrected chi connectivity index (χ4v) is 2.39. The van der Waals surface area contributed by atoms with Crippen LogP contribution < -0.4 is 0 Å². The fraction of sp³-hybridized carbons (Fsp3) is 0.133. The molecule has 1 aromatic heterocycles. The Balaban J connectivity index is 1.86. The van der Waals surface area contributed by atoms with Crippen LogP contribution in [0.1, 0.15) is 31.8 Å². The lowest BCUT2D eigenvalue weighted by molar-refractivity contribution is 0.0696. The maximum absolute atomic E-state index is 13.6. The molecule has 1 aliphatic heterocycles. The number of hydrogen-bond donors (Lipinski definition) is 1. The van der Waals surface area contributed by atoms with Crippen LogP contribution in [-0.4, -0.2) is 26.9 Å². The van der Waals surface area contributed by atoms with Gasteiger partial charge in [0.15, 0.2) is 0 Å². The number of amides is 1. The summed E-state index contributed by atoms with van der Waals surface area (Å²) in [6, 6.07) is 7.62. The van der Waals surface area contributed by atoms with Crippen molar-refractivity contribution in [3.05, 3.63) is 64.7 Å². The molecule has 6 heteroatoms. The van der Waals surface area contributed by atoms with Crippen molar-refractivity contribution in [1.82, 2.24) is 9.88 Å². The Labute approximate surface area is 119 Å². The predicted octanol–water partition coefficient (Wildman–Crippen LogP) is 2.07. The van der Waals surface area contributed by atoms with Crippen LogP contribution in [0.2, 0.25) is 0 Å². The van der Waals surface area contributed by atoms with E-state index in [1.165, 1.54) is 29.3 Å². The van der Waals surface area contributed by atoms with E-state index < -0.39 is 17.8 Å². The highest BCUT2D eigenvalue weighted by molar-refractivity contribution is 5.94. The summed E-state index contributed by atoms with van der Waals surface area (Å²) < 4.78 is 13.6. The highest BCUT2D eigenvalue weighted by Gasteiger charge is 2.26.